The molecular weight excluding hydrogens is 172 g/mol. The molecule has 1 fully saturated rings. The summed E-state index contributed by atoms with van der Waals surface area (Å²) in [5, 5.41) is 0. The van der Waals surface area contributed by atoms with E-state index in [0.29, 0.717) is 0 Å². The number of hydrogen-bond donors (Lipinski definition) is 0. The van der Waals surface area contributed by atoms with E-state index in [1.165, 1.54) is 16.2 Å². The molecule has 1 aliphatic rings. The highest BCUT2D eigenvalue weighted by Crippen LogP contribution is 2.43. The fraction of sp³-hybridized carbons (Fsp3) is 0.333. The molecule has 0 aromatic heterocycles. The average Bonchev–Trinajstić information content (AvgIpc) is 2.78. The Morgan fingerprint density at radius 2 is 2.00 bits per heavy atom. The molecule has 2 heteroatoms. The maximum Gasteiger partial charge on any atom is 0.0641 e. The molecule has 0 radical (unpaired) electrons. The molecule has 11 heavy (non-hydrogen) atoms. The van der Waals surface area contributed by atoms with E-state index in [1.54, 1.807) is 0 Å². The minimum Gasteiger partial charge on any atom is -0.144 e. The lowest BCUT2D eigenvalue weighted by Crippen LogP contribution is -1.75. The molecule has 2 rings (SSSR count). The Hall–Kier alpha value is -0.0800. The normalized spacial score (nSPS) is 21.7. The molecule has 58 valence electrons. The van der Waals surface area contributed by atoms with Crippen molar-refractivity contribution in [3.05, 3.63) is 29.8 Å². The first-order valence-corrected chi connectivity index (χ1v) is 5.62. The predicted molar refractivity (Wildman–Crippen MR) is 53.3 cm³/mol. The molecule has 1 heterocycles. The van der Waals surface area contributed by atoms with E-state index >= 15 is 0 Å². The van der Waals surface area contributed by atoms with Crippen molar-refractivity contribution in [2.45, 2.75) is 16.4 Å². The Morgan fingerprint density at radius 1 is 1.36 bits per heavy atom. The van der Waals surface area contributed by atoms with Crippen LogP contribution in [-0.2, 0) is 0 Å². The minimum atomic E-state index is 0.845. The van der Waals surface area contributed by atoms with Crippen molar-refractivity contribution in [3.63, 3.8) is 0 Å². The topological polar surface area (TPSA) is 0 Å². The Bertz CT molecular complexity index is 236. The molecule has 0 amide bonds. The Balaban J connectivity index is 2.06. The van der Waals surface area contributed by atoms with Crippen molar-refractivity contribution in [1.29, 1.82) is 0 Å². The number of hydrogen-bond acceptors (Lipinski definition) is 2. The molecule has 0 saturated carbocycles. The highest BCUT2D eigenvalue weighted by atomic mass is 32.2. The fourth-order valence-corrected chi connectivity index (χ4v) is 2.66. The van der Waals surface area contributed by atoms with Crippen LogP contribution in [0.2, 0.25) is 0 Å². The Kier molecular flexibility index (Phi) is 2.14. The molecule has 0 N–H and O–H groups in total. The van der Waals surface area contributed by atoms with Gasteiger partial charge in [0.2, 0.25) is 0 Å². The summed E-state index contributed by atoms with van der Waals surface area (Å²) in [4.78, 5) is 1.41. The van der Waals surface area contributed by atoms with Crippen LogP contribution < -0.4 is 0 Å². The van der Waals surface area contributed by atoms with Gasteiger partial charge in [0.1, 0.15) is 0 Å². The summed E-state index contributed by atoms with van der Waals surface area (Å²) in [5.74, 6) is 1.33. The number of aryl methyl sites for hydroxylation is 1. The molecule has 1 atom stereocenters. The van der Waals surface area contributed by atoms with Crippen LogP contribution in [0, 0.1) is 6.92 Å². The highest BCUT2D eigenvalue weighted by Gasteiger charge is 2.23. The van der Waals surface area contributed by atoms with E-state index in [4.69, 9.17) is 0 Å². The highest BCUT2D eigenvalue weighted by molar-refractivity contribution is 8.23. The molecule has 1 saturated heterocycles. The van der Waals surface area contributed by atoms with E-state index in [0.717, 1.165) is 4.58 Å². The molecule has 1 aromatic carbocycles. The zero-order chi connectivity index (χ0) is 7.68. The SMILES string of the molecule is Cc1ccc(SC2CS2)cc1. The standard InChI is InChI=1S/C9H10S2/c1-7-2-4-8(5-3-7)11-9-6-10-9/h2-5,9H,6H2,1H3. The van der Waals surface area contributed by atoms with Crippen molar-refractivity contribution in [3.8, 4) is 0 Å². The first-order chi connectivity index (χ1) is 5.34. The maximum absolute atomic E-state index is 2.21. The van der Waals surface area contributed by atoms with Gasteiger partial charge in [-0.25, -0.2) is 0 Å². The second kappa shape index (κ2) is 3.11. The van der Waals surface area contributed by atoms with E-state index in [-0.39, 0.29) is 0 Å². The molecule has 0 aliphatic carbocycles. The zero-order valence-corrected chi connectivity index (χ0v) is 8.04. The van der Waals surface area contributed by atoms with Crippen LogP contribution in [0.5, 0.6) is 0 Å². The van der Waals surface area contributed by atoms with Gasteiger partial charge in [0.05, 0.1) is 4.58 Å². The lowest BCUT2D eigenvalue weighted by atomic mass is 10.2. The second-order valence-electron chi connectivity index (χ2n) is 2.69. The number of thioether (sulfide) groups is 2. The smallest absolute Gasteiger partial charge is 0.0641 e. The van der Waals surface area contributed by atoms with E-state index in [2.05, 4.69) is 31.2 Å². The zero-order valence-electron chi connectivity index (χ0n) is 6.41. The summed E-state index contributed by atoms with van der Waals surface area (Å²) in [7, 11) is 0. The summed E-state index contributed by atoms with van der Waals surface area (Å²) in [6, 6.07) is 8.77. The van der Waals surface area contributed by atoms with Crippen LogP contribution in [0.1, 0.15) is 5.56 Å². The van der Waals surface area contributed by atoms with Crippen LogP contribution >= 0.6 is 23.5 Å². The quantitative estimate of drug-likeness (QED) is 0.644. The van der Waals surface area contributed by atoms with Crippen LogP contribution in [0.15, 0.2) is 29.2 Å². The lowest BCUT2D eigenvalue weighted by Gasteiger charge is -1.97. The van der Waals surface area contributed by atoms with Gasteiger partial charge in [0.25, 0.3) is 0 Å². The van der Waals surface area contributed by atoms with Gasteiger partial charge in [-0.2, -0.15) is 0 Å². The first-order valence-electron chi connectivity index (χ1n) is 3.69. The predicted octanol–water partition coefficient (Wildman–Crippen LogP) is 3.16. The summed E-state index contributed by atoms with van der Waals surface area (Å²) >= 11 is 4.01. The van der Waals surface area contributed by atoms with Crippen molar-refractivity contribution >= 4 is 23.5 Å². The Morgan fingerprint density at radius 3 is 2.55 bits per heavy atom. The molecular formula is C9H10S2. The third-order valence-corrected chi connectivity index (χ3v) is 4.11. The van der Waals surface area contributed by atoms with E-state index in [9.17, 15) is 0 Å². The van der Waals surface area contributed by atoms with Crippen molar-refractivity contribution in [2.24, 2.45) is 0 Å². The largest absolute Gasteiger partial charge is 0.144 e. The summed E-state index contributed by atoms with van der Waals surface area (Å²) in [6.07, 6.45) is 0. The Labute approximate surface area is 75.8 Å². The van der Waals surface area contributed by atoms with Crippen molar-refractivity contribution in [1.82, 2.24) is 0 Å². The second-order valence-corrected chi connectivity index (χ2v) is 5.50. The van der Waals surface area contributed by atoms with Gasteiger partial charge < -0.3 is 0 Å². The van der Waals surface area contributed by atoms with E-state index < -0.39 is 0 Å². The van der Waals surface area contributed by atoms with Crippen LogP contribution in [-0.4, -0.2) is 10.3 Å². The lowest BCUT2D eigenvalue weighted by molar-refractivity contribution is 1.37. The third kappa shape index (κ3) is 2.17. The van der Waals surface area contributed by atoms with Gasteiger partial charge >= 0.3 is 0 Å². The van der Waals surface area contributed by atoms with Crippen molar-refractivity contribution < 1.29 is 0 Å². The van der Waals surface area contributed by atoms with Gasteiger partial charge in [-0.1, -0.05) is 17.7 Å². The summed E-state index contributed by atoms with van der Waals surface area (Å²) in [5.41, 5.74) is 1.35. The van der Waals surface area contributed by atoms with Crippen LogP contribution in [0.3, 0.4) is 0 Å². The number of rotatable bonds is 2. The minimum absolute atomic E-state index is 0.845. The first kappa shape index (κ1) is 7.56. The summed E-state index contributed by atoms with van der Waals surface area (Å²) in [6.45, 7) is 2.13. The van der Waals surface area contributed by atoms with Gasteiger partial charge in [0.15, 0.2) is 0 Å². The van der Waals surface area contributed by atoms with Gasteiger partial charge in [0, 0.05) is 10.6 Å². The maximum atomic E-state index is 2.21. The fourth-order valence-electron chi connectivity index (χ4n) is 0.876. The monoisotopic (exact) mass is 182 g/mol. The molecule has 0 spiro atoms. The molecule has 1 aromatic rings. The van der Waals surface area contributed by atoms with Gasteiger partial charge in [-0.15, -0.1) is 23.5 Å². The number of benzene rings is 1. The molecule has 0 nitrogen and oxygen atoms in total. The van der Waals surface area contributed by atoms with Gasteiger partial charge in [-0.3, -0.25) is 0 Å². The van der Waals surface area contributed by atoms with Gasteiger partial charge in [-0.05, 0) is 19.1 Å². The molecule has 1 aliphatic heterocycles. The van der Waals surface area contributed by atoms with E-state index in [1.807, 2.05) is 23.5 Å². The van der Waals surface area contributed by atoms with Crippen molar-refractivity contribution in [2.75, 3.05) is 5.75 Å². The molecule has 0 bridgehead atoms. The average molecular weight is 182 g/mol. The summed E-state index contributed by atoms with van der Waals surface area (Å²) < 4.78 is 0.845. The van der Waals surface area contributed by atoms with Crippen LogP contribution in [0.4, 0.5) is 0 Å². The van der Waals surface area contributed by atoms with Crippen LogP contribution in [0.25, 0.3) is 0 Å². The molecule has 1 unspecified atom stereocenters. The third-order valence-electron chi connectivity index (χ3n) is 1.59.